The summed E-state index contributed by atoms with van der Waals surface area (Å²) in [5, 5.41) is 11.6. The molecule has 0 bridgehead atoms. The van der Waals surface area contributed by atoms with Crippen molar-refractivity contribution in [1.29, 1.82) is 0 Å². The van der Waals surface area contributed by atoms with Gasteiger partial charge in [0.1, 0.15) is 0 Å². The van der Waals surface area contributed by atoms with Crippen LogP contribution < -0.4 is 0 Å². The van der Waals surface area contributed by atoms with Crippen molar-refractivity contribution in [3.8, 4) is 10.8 Å². The first kappa shape index (κ1) is 16.5. The Morgan fingerprint density at radius 1 is 1.26 bits per heavy atom. The van der Waals surface area contributed by atoms with Crippen LogP contribution in [0.3, 0.4) is 0 Å². The topological polar surface area (TPSA) is 42.2 Å². The SMILES string of the molecule is C[C@H](c1nnc(-c2cccs2)o1)N(C)Cc1ccc(Cl)cc1Cl. The van der Waals surface area contributed by atoms with E-state index in [0.29, 0.717) is 28.4 Å². The van der Waals surface area contributed by atoms with E-state index in [1.807, 2.05) is 43.6 Å². The third-order valence-corrected chi connectivity index (χ3v) is 5.07. The van der Waals surface area contributed by atoms with Gasteiger partial charge in [-0.1, -0.05) is 35.3 Å². The van der Waals surface area contributed by atoms with Crippen LogP contribution >= 0.6 is 34.5 Å². The van der Waals surface area contributed by atoms with Crippen molar-refractivity contribution in [3.63, 3.8) is 0 Å². The Bertz CT molecular complexity index is 788. The van der Waals surface area contributed by atoms with Crippen LogP contribution in [0.25, 0.3) is 10.8 Å². The Kier molecular flexibility index (Phi) is 5.02. The summed E-state index contributed by atoms with van der Waals surface area (Å²) in [5.41, 5.74) is 1.00. The number of nitrogens with zero attached hydrogens (tertiary/aromatic N) is 3. The maximum Gasteiger partial charge on any atom is 0.257 e. The number of halogens is 2. The summed E-state index contributed by atoms with van der Waals surface area (Å²) >= 11 is 13.7. The molecule has 3 rings (SSSR count). The van der Waals surface area contributed by atoms with Crippen molar-refractivity contribution >= 4 is 34.5 Å². The molecule has 1 atom stereocenters. The zero-order valence-corrected chi connectivity index (χ0v) is 15.0. The lowest BCUT2D eigenvalue weighted by Gasteiger charge is -2.22. The molecule has 2 heterocycles. The summed E-state index contributed by atoms with van der Waals surface area (Å²) in [6, 6.07) is 9.41. The van der Waals surface area contributed by atoms with Crippen molar-refractivity contribution in [3.05, 3.63) is 57.2 Å². The van der Waals surface area contributed by atoms with Crippen LogP contribution in [0.5, 0.6) is 0 Å². The first-order valence-corrected chi connectivity index (χ1v) is 8.69. The van der Waals surface area contributed by atoms with E-state index in [2.05, 4.69) is 15.1 Å². The molecular weight excluding hydrogens is 353 g/mol. The highest BCUT2D eigenvalue weighted by Gasteiger charge is 2.20. The second-order valence-electron chi connectivity index (χ2n) is 5.25. The average Bonchev–Trinajstić information content (AvgIpc) is 3.19. The Balaban J connectivity index is 1.73. The Labute approximate surface area is 148 Å². The third-order valence-electron chi connectivity index (χ3n) is 3.63. The number of rotatable bonds is 5. The van der Waals surface area contributed by atoms with Crippen molar-refractivity contribution in [2.75, 3.05) is 7.05 Å². The van der Waals surface area contributed by atoms with Gasteiger partial charge in [0.05, 0.1) is 10.9 Å². The van der Waals surface area contributed by atoms with E-state index >= 15 is 0 Å². The standard InChI is InChI=1S/C16H15Cl2N3OS/c1-10(15-19-20-16(22-15)14-4-3-7-23-14)21(2)9-11-5-6-12(17)8-13(11)18/h3-8,10H,9H2,1-2H3/t10-/m1/s1. The number of aromatic nitrogens is 2. The van der Waals surface area contributed by atoms with Gasteiger partial charge >= 0.3 is 0 Å². The fourth-order valence-electron chi connectivity index (χ4n) is 2.15. The minimum absolute atomic E-state index is 0.0250. The van der Waals surface area contributed by atoms with Gasteiger partial charge in [0.2, 0.25) is 5.89 Å². The van der Waals surface area contributed by atoms with Crippen molar-refractivity contribution in [2.45, 2.75) is 19.5 Å². The van der Waals surface area contributed by atoms with Gasteiger partial charge in [0.25, 0.3) is 5.89 Å². The van der Waals surface area contributed by atoms with E-state index in [-0.39, 0.29) is 6.04 Å². The second kappa shape index (κ2) is 7.01. The molecule has 7 heteroatoms. The normalized spacial score (nSPS) is 12.7. The smallest absolute Gasteiger partial charge is 0.257 e. The van der Waals surface area contributed by atoms with Crippen LogP contribution in [0.1, 0.15) is 24.4 Å². The number of thiophene rings is 1. The van der Waals surface area contributed by atoms with Crippen LogP contribution in [0.2, 0.25) is 10.0 Å². The third kappa shape index (κ3) is 3.75. The lowest BCUT2D eigenvalue weighted by molar-refractivity contribution is 0.218. The van der Waals surface area contributed by atoms with E-state index in [1.54, 1.807) is 17.4 Å². The summed E-state index contributed by atoms with van der Waals surface area (Å²) in [7, 11) is 1.99. The molecule has 3 aromatic rings. The van der Waals surface area contributed by atoms with Gasteiger partial charge in [0.15, 0.2) is 0 Å². The van der Waals surface area contributed by atoms with E-state index in [9.17, 15) is 0 Å². The van der Waals surface area contributed by atoms with E-state index in [1.165, 1.54) is 0 Å². The molecule has 23 heavy (non-hydrogen) atoms. The fourth-order valence-corrected chi connectivity index (χ4v) is 3.26. The monoisotopic (exact) mass is 367 g/mol. The largest absolute Gasteiger partial charge is 0.418 e. The summed E-state index contributed by atoms with van der Waals surface area (Å²) in [5.74, 6) is 1.14. The molecule has 0 saturated carbocycles. The van der Waals surface area contributed by atoms with Crippen LogP contribution in [0.4, 0.5) is 0 Å². The maximum absolute atomic E-state index is 6.23. The molecule has 2 aromatic heterocycles. The molecule has 0 fully saturated rings. The number of hydrogen-bond acceptors (Lipinski definition) is 5. The Hall–Kier alpha value is -1.40. The van der Waals surface area contributed by atoms with Gasteiger partial charge in [-0.05, 0) is 43.1 Å². The van der Waals surface area contributed by atoms with Crippen LogP contribution in [-0.2, 0) is 6.54 Å². The minimum atomic E-state index is -0.0250. The molecule has 0 amide bonds. The lowest BCUT2D eigenvalue weighted by atomic mass is 10.2. The van der Waals surface area contributed by atoms with Crippen molar-refractivity contribution in [2.24, 2.45) is 0 Å². The highest BCUT2D eigenvalue weighted by molar-refractivity contribution is 7.13. The molecule has 0 aliphatic heterocycles. The quantitative estimate of drug-likeness (QED) is 0.613. The summed E-state index contributed by atoms with van der Waals surface area (Å²) in [4.78, 5) is 3.07. The zero-order chi connectivity index (χ0) is 16.4. The van der Waals surface area contributed by atoms with Gasteiger partial charge in [-0.25, -0.2) is 0 Å². The highest BCUT2D eigenvalue weighted by atomic mass is 35.5. The first-order valence-electron chi connectivity index (χ1n) is 7.06. The van der Waals surface area contributed by atoms with E-state index in [0.717, 1.165) is 10.4 Å². The second-order valence-corrected chi connectivity index (χ2v) is 7.04. The number of hydrogen-bond donors (Lipinski definition) is 0. The molecule has 4 nitrogen and oxygen atoms in total. The predicted molar refractivity (Wildman–Crippen MR) is 94.0 cm³/mol. The van der Waals surface area contributed by atoms with Crippen molar-refractivity contribution < 1.29 is 4.42 Å². The Morgan fingerprint density at radius 2 is 2.09 bits per heavy atom. The zero-order valence-electron chi connectivity index (χ0n) is 12.7. The van der Waals surface area contributed by atoms with Gasteiger partial charge in [-0.15, -0.1) is 21.5 Å². The van der Waals surface area contributed by atoms with Gasteiger partial charge in [-0.3, -0.25) is 4.90 Å². The van der Waals surface area contributed by atoms with Crippen LogP contribution in [-0.4, -0.2) is 22.1 Å². The first-order chi connectivity index (χ1) is 11.0. The average molecular weight is 368 g/mol. The molecule has 0 aliphatic carbocycles. The van der Waals surface area contributed by atoms with E-state index < -0.39 is 0 Å². The molecule has 0 N–H and O–H groups in total. The maximum atomic E-state index is 6.23. The fraction of sp³-hybridized carbons (Fsp3) is 0.250. The van der Waals surface area contributed by atoms with E-state index in [4.69, 9.17) is 27.6 Å². The van der Waals surface area contributed by atoms with Crippen molar-refractivity contribution in [1.82, 2.24) is 15.1 Å². The predicted octanol–water partition coefficient (Wildman–Crippen LogP) is 5.30. The molecule has 0 saturated heterocycles. The van der Waals surface area contributed by atoms with Gasteiger partial charge in [-0.2, -0.15) is 0 Å². The molecule has 0 unspecified atom stereocenters. The molecule has 0 radical (unpaired) electrons. The van der Waals surface area contributed by atoms with Crippen LogP contribution in [0, 0.1) is 0 Å². The van der Waals surface area contributed by atoms with Gasteiger partial charge in [0, 0.05) is 16.6 Å². The minimum Gasteiger partial charge on any atom is -0.418 e. The molecule has 0 spiro atoms. The molecule has 0 aliphatic rings. The van der Waals surface area contributed by atoms with Crippen LogP contribution in [0.15, 0.2) is 40.1 Å². The summed E-state index contributed by atoms with van der Waals surface area (Å²) < 4.78 is 5.79. The highest BCUT2D eigenvalue weighted by Crippen LogP contribution is 2.28. The lowest BCUT2D eigenvalue weighted by Crippen LogP contribution is -2.22. The molecule has 1 aromatic carbocycles. The number of benzene rings is 1. The van der Waals surface area contributed by atoms with Gasteiger partial charge < -0.3 is 4.42 Å². The molecule has 120 valence electrons. The Morgan fingerprint density at radius 3 is 2.78 bits per heavy atom. The summed E-state index contributed by atoms with van der Waals surface area (Å²) in [6.45, 7) is 2.68. The molecular formula is C16H15Cl2N3OS. The summed E-state index contributed by atoms with van der Waals surface area (Å²) in [6.07, 6.45) is 0.